The second kappa shape index (κ2) is 15.6. The van der Waals surface area contributed by atoms with E-state index in [9.17, 15) is 13.0 Å². The maximum atomic E-state index is 12.2. The maximum absolute atomic E-state index is 12.2. The van der Waals surface area contributed by atoms with Crippen LogP contribution in [0, 0.1) is 0 Å². The summed E-state index contributed by atoms with van der Waals surface area (Å²) in [5, 5.41) is 0. The van der Waals surface area contributed by atoms with E-state index in [1.807, 2.05) is 42.5 Å². The van der Waals surface area contributed by atoms with Crippen molar-refractivity contribution < 1.29 is 64.4 Å². The van der Waals surface area contributed by atoms with Gasteiger partial charge in [0.25, 0.3) is 0 Å². The molecule has 0 radical (unpaired) electrons. The minimum Gasteiger partial charge on any atom is -0.731 e. The van der Waals surface area contributed by atoms with Crippen molar-refractivity contribution in [1.29, 1.82) is 0 Å². The quantitative estimate of drug-likeness (QED) is 0.206. The summed E-state index contributed by atoms with van der Waals surface area (Å²) in [6.07, 6.45) is 13.8. The van der Waals surface area contributed by atoms with Crippen LogP contribution in [0.25, 0.3) is 0 Å². The molecule has 182 valence electrons. The van der Waals surface area contributed by atoms with Crippen molar-refractivity contribution in [2.24, 2.45) is 0 Å². The van der Waals surface area contributed by atoms with Gasteiger partial charge in [-0.1, -0.05) is 114 Å². The van der Waals surface area contributed by atoms with Crippen LogP contribution in [0.5, 0.6) is 0 Å². The van der Waals surface area contributed by atoms with Gasteiger partial charge >= 0.3 is 51.4 Å². The Morgan fingerprint density at radius 1 is 0.735 bits per heavy atom. The van der Waals surface area contributed by atoms with Crippen molar-refractivity contribution in [1.82, 2.24) is 0 Å². The molecule has 1 aliphatic heterocycles. The van der Waals surface area contributed by atoms with Crippen molar-refractivity contribution in [2.45, 2.75) is 96.7 Å². The zero-order valence-corrected chi connectivity index (χ0v) is 24.9. The van der Waals surface area contributed by atoms with Crippen LogP contribution in [0.4, 0.5) is 11.4 Å². The van der Waals surface area contributed by atoms with Crippen LogP contribution in [0.3, 0.4) is 0 Å². The molecule has 0 N–H and O–H groups in total. The summed E-state index contributed by atoms with van der Waals surface area (Å²) in [6.45, 7) is 2.82. The van der Waals surface area contributed by atoms with Crippen LogP contribution in [0.2, 0.25) is 0 Å². The monoisotopic (exact) mass is 510 g/mol. The van der Waals surface area contributed by atoms with Crippen LogP contribution in [0.15, 0.2) is 54.6 Å². The Morgan fingerprint density at radius 3 is 1.79 bits per heavy atom. The first-order valence-corrected chi connectivity index (χ1v) is 14.0. The zero-order valence-electron chi connectivity index (χ0n) is 21.0. The Morgan fingerprint density at radius 2 is 1.24 bits per heavy atom. The van der Waals surface area contributed by atoms with E-state index in [1.165, 1.54) is 51.4 Å². The molecule has 1 unspecified atom stereocenters. The molecule has 0 saturated heterocycles. The van der Waals surface area contributed by atoms with E-state index in [-0.39, 0.29) is 51.4 Å². The van der Waals surface area contributed by atoms with Gasteiger partial charge in [0.05, 0.1) is 11.4 Å². The first-order valence-electron chi connectivity index (χ1n) is 12.7. The van der Waals surface area contributed by atoms with Gasteiger partial charge in [0.2, 0.25) is 0 Å². The molecule has 0 aromatic heterocycles. The molecule has 1 heterocycles. The number of benzene rings is 2. The number of rotatable bonds is 15. The molecule has 2 aromatic carbocycles. The van der Waals surface area contributed by atoms with Gasteiger partial charge in [-0.2, -0.15) is 0 Å². The third-order valence-corrected chi connectivity index (χ3v) is 7.48. The number of hydrogen-bond acceptors (Lipinski definition) is 4. The average molecular weight is 511 g/mol. The molecule has 0 aliphatic carbocycles. The molecule has 34 heavy (non-hydrogen) atoms. The fourth-order valence-electron chi connectivity index (χ4n) is 4.85. The van der Waals surface area contributed by atoms with Crippen molar-refractivity contribution in [3.63, 3.8) is 0 Å². The van der Waals surface area contributed by atoms with Gasteiger partial charge in [-0.15, -0.1) is 0 Å². The Bertz CT molecular complexity index is 940. The largest absolute Gasteiger partial charge is 1.00 e. The van der Waals surface area contributed by atoms with Crippen molar-refractivity contribution in [3.05, 3.63) is 60.2 Å². The van der Waals surface area contributed by atoms with Gasteiger partial charge in [-0.3, -0.25) is 4.31 Å². The number of nitrogens with zero attached hydrogens (tertiary/aromatic N) is 2. The van der Waals surface area contributed by atoms with E-state index in [0.717, 1.165) is 34.8 Å². The molecule has 3 rings (SSSR count). The second-order valence-electron chi connectivity index (χ2n) is 9.16. The summed E-state index contributed by atoms with van der Waals surface area (Å²) >= 11 is 0. The van der Waals surface area contributed by atoms with Gasteiger partial charge < -0.3 is 9.45 Å². The number of fused-ring (bicyclic) bond motifs is 1. The molecule has 0 saturated carbocycles. The molecule has 1 atom stereocenters. The minimum atomic E-state index is -4.61. The number of anilines is 2. The third kappa shape index (κ3) is 8.91. The number of hydrogen-bond donors (Lipinski definition) is 0. The van der Waals surface area contributed by atoms with Crippen LogP contribution in [0.1, 0.15) is 89.5 Å². The minimum absolute atomic E-state index is 0. The Balaban J connectivity index is 0.00000408. The summed E-state index contributed by atoms with van der Waals surface area (Å²) in [6, 6.07) is 17.4. The predicted octanol–water partition coefficient (Wildman–Crippen LogP) is 4.00. The van der Waals surface area contributed by atoms with Crippen LogP contribution in [-0.4, -0.2) is 19.1 Å². The first-order chi connectivity index (χ1) is 16.0. The van der Waals surface area contributed by atoms with Crippen LogP contribution < -0.4 is 60.6 Å². The molecule has 5 nitrogen and oxygen atoms in total. The summed E-state index contributed by atoms with van der Waals surface area (Å²) in [5.41, 5.74) is 2.41. The van der Waals surface area contributed by atoms with Gasteiger partial charge in [0.15, 0.2) is 10.3 Å². The van der Waals surface area contributed by atoms with E-state index < -0.39 is 16.5 Å². The van der Waals surface area contributed by atoms with E-state index in [2.05, 4.69) is 11.8 Å². The van der Waals surface area contributed by atoms with Crippen LogP contribution >= 0.6 is 0 Å². The standard InChI is InChI=1S/C27H40N2O3S.K/c1-2-3-4-5-6-7-8-9-10-11-15-22-27-28(23-24-18-13-12-14-19-24)25-20-16-17-21-26(25)29(27)33(30,31)32;/h12-14,16-21,27H,2-11,15,22-23H2,1H3,(H,30,31,32);/q;+1/p-1. The van der Waals surface area contributed by atoms with E-state index in [0.29, 0.717) is 18.7 Å². The van der Waals surface area contributed by atoms with Gasteiger partial charge in [-0.25, -0.2) is 8.42 Å². The Kier molecular flexibility index (Phi) is 13.7. The summed E-state index contributed by atoms with van der Waals surface area (Å²) in [5.74, 6) is 0. The molecule has 7 heteroatoms. The molecule has 0 amide bonds. The maximum Gasteiger partial charge on any atom is 1.00 e. The predicted molar refractivity (Wildman–Crippen MR) is 136 cm³/mol. The van der Waals surface area contributed by atoms with Gasteiger partial charge in [0.1, 0.15) is 6.17 Å². The Labute approximate surface area is 249 Å². The number of para-hydroxylation sites is 2. The fourth-order valence-corrected chi connectivity index (χ4v) is 5.76. The third-order valence-electron chi connectivity index (χ3n) is 6.56. The summed E-state index contributed by atoms with van der Waals surface area (Å²) in [4.78, 5) is 2.08. The molecule has 0 bridgehead atoms. The molecular weight excluding hydrogens is 471 g/mol. The summed E-state index contributed by atoms with van der Waals surface area (Å²) in [7, 11) is -4.61. The topological polar surface area (TPSA) is 63.7 Å². The van der Waals surface area contributed by atoms with E-state index in [1.54, 1.807) is 12.1 Å². The SMILES string of the molecule is CCCCCCCCCCCCCC1N(Cc2ccccc2)c2ccccc2N1S(=O)(=O)[O-].[K+]. The Hall–Kier alpha value is -0.414. The summed E-state index contributed by atoms with van der Waals surface area (Å²) < 4.78 is 37.8. The molecule has 0 spiro atoms. The average Bonchev–Trinajstić information content (AvgIpc) is 3.12. The normalized spacial score (nSPS) is 15.3. The molecule has 2 aromatic rings. The van der Waals surface area contributed by atoms with Crippen molar-refractivity contribution >= 4 is 21.7 Å². The fraction of sp³-hybridized carbons (Fsp3) is 0.556. The zero-order chi connectivity index (χ0) is 23.5. The first kappa shape index (κ1) is 29.8. The van der Waals surface area contributed by atoms with E-state index in [4.69, 9.17) is 0 Å². The second-order valence-corrected chi connectivity index (χ2v) is 10.4. The van der Waals surface area contributed by atoms with Gasteiger partial charge in [0, 0.05) is 6.54 Å². The van der Waals surface area contributed by atoms with Crippen molar-refractivity contribution in [3.8, 4) is 0 Å². The van der Waals surface area contributed by atoms with Crippen molar-refractivity contribution in [2.75, 3.05) is 9.21 Å². The number of unbranched alkanes of at least 4 members (excludes halogenated alkanes) is 10. The van der Waals surface area contributed by atoms with E-state index >= 15 is 0 Å². The van der Waals surface area contributed by atoms with Crippen LogP contribution in [-0.2, 0) is 16.8 Å². The molecule has 0 fully saturated rings. The molecule has 1 aliphatic rings. The molecular formula is C27H39KN2O3S. The smallest absolute Gasteiger partial charge is 0.731 e. The van der Waals surface area contributed by atoms with Gasteiger partial charge in [-0.05, 0) is 30.5 Å².